The molecule has 0 fully saturated rings. The van der Waals surface area contributed by atoms with Gasteiger partial charge in [-0.25, -0.2) is 0 Å². The molecule has 0 aliphatic carbocycles. The molecule has 0 saturated heterocycles. The summed E-state index contributed by atoms with van der Waals surface area (Å²) in [5.74, 6) is 0. The zero-order valence-corrected chi connectivity index (χ0v) is 6.31. The first-order chi connectivity index (χ1) is 4.35. The fraction of sp³-hybridized carbons (Fsp3) is 0.714. The van der Waals surface area contributed by atoms with Crippen LogP contribution < -0.4 is 0 Å². The van der Waals surface area contributed by atoms with E-state index in [2.05, 4.69) is 6.92 Å². The van der Waals surface area contributed by atoms with Crippen LogP contribution in [0.5, 0.6) is 0 Å². The van der Waals surface area contributed by atoms with Crippen LogP contribution >= 0.6 is 0 Å². The summed E-state index contributed by atoms with van der Waals surface area (Å²) >= 11 is 0. The van der Waals surface area contributed by atoms with Crippen molar-refractivity contribution in [2.75, 3.05) is 20.8 Å². The molecule has 0 aliphatic rings. The maximum absolute atomic E-state index is 4.90. The number of hydrogen-bond donors (Lipinski definition) is 0. The zero-order chi connectivity index (χ0) is 7.11. The Balaban J connectivity index is 3.53. The molecule has 2 nitrogen and oxygen atoms in total. The molecular weight excluding hydrogens is 116 g/mol. The second kappa shape index (κ2) is 5.63. The molecule has 0 bridgehead atoms. The molecule has 0 atom stereocenters. The van der Waals surface area contributed by atoms with Gasteiger partial charge in [0, 0.05) is 7.11 Å². The van der Waals surface area contributed by atoms with Crippen molar-refractivity contribution in [3.8, 4) is 0 Å². The van der Waals surface area contributed by atoms with E-state index in [1.54, 1.807) is 20.5 Å². The molecule has 0 amide bonds. The SMILES string of the molecule is CCC(=COC)COC. The predicted molar refractivity (Wildman–Crippen MR) is 37.3 cm³/mol. The lowest BCUT2D eigenvalue weighted by Gasteiger charge is -2.00. The van der Waals surface area contributed by atoms with E-state index in [0.717, 1.165) is 6.42 Å². The van der Waals surface area contributed by atoms with Gasteiger partial charge in [0.05, 0.1) is 20.0 Å². The molecule has 54 valence electrons. The first-order valence-electron chi connectivity index (χ1n) is 3.04. The summed E-state index contributed by atoms with van der Waals surface area (Å²) in [6.45, 7) is 2.74. The van der Waals surface area contributed by atoms with E-state index >= 15 is 0 Å². The Morgan fingerprint density at radius 2 is 2.11 bits per heavy atom. The molecule has 0 radical (unpaired) electrons. The van der Waals surface area contributed by atoms with Crippen LogP contribution in [-0.4, -0.2) is 20.8 Å². The summed E-state index contributed by atoms with van der Waals surface area (Å²) in [5.41, 5.74) is 1.18. The minimum absolute atomic E-state index is 0.671. The summed E-state index contributed by atoms with van der Waals surface area (Å²) in [6, 6.07) is 0. The molecule has 0 rings (SSSR count). The quantitative estimate of drug-likeness (QED) is 0.538. The van der Waals surface area contributed by atoms with Crippen LogP contribution in [0.15, 0.2) is 11.8 Å². The van der Waals surface area contributed by atoms with Gasteiger partial charge in [-0.15, -0.1) is 0 Å². The Hall–Kier alpha value is -0.500. The average molecular weight is 130 g/mol. The maximum atomic E-state index is 4.90. The lowest BCUT2D eigenvalue weighted by Crippen LogP contribution is -1.92. The average Bonchev–Trinajstić information content (AvgIpc) is 1.88. The third-order valence-corrected chi connectivity index (χ3v) is 1.07. The van der Waals surface area contributed by atoms with Crippen molar-refractivity contribution >= 4 is 0 Å². The molecule has 0 aromatic rings. The van der Waals surface area contributed by atoms with E-state index in [9.17, 15) is 0 Å². The van der Waals surface area contributed by atoms with Crippen molar-refractivity contribution in [3.63, 3.8) is 0 Å². The van der Waals surface area contributed by atoms with E-state index in [1.165, 1.54) is 5.57 Å². The second-order valence-corrected chi connectivity index (χ2v) is 1.80. The Morgan fingerprint density at radius 3 is 2.44 bits per heavy atom. The van der Waals surface area contributed by atoms with Gasteiger partial charge in [-0.1, -0.05) is 6.92 Å². The maximum Gasteiger partial charge on any atom is 0.0839 e. The normalized spacial score (nSPS) is 11.7. The smallest absolute Gasteiger partial charge is 0.0839 e. The number of hydrogen-bond acceptors (Lipinski definition) is 2. The first kappa shape index (κ1) is 8.50. The Bertz CT molecular complexity index is 86.9. The van der Waals surface area contributed by atoms with E-state index in [0.29, 0.717) is 6.61 Å². The van der Waals surface area contributed by atoms with Gasteiger partial charge < -0.3 is 9.47 Å². The van der Waals surface area contributed by atoms with Gasteiger partial charge in [-0.05, 0) is 12.0 Å². The highest BCUT2D eigenvalue weighted by Crippen LogP contribution is 1.99. The molecule has 2 heteroatoms. The molecule has 0 spiro atoms. The van der Waals surface area contributed by atoms with Gasteiger partial charge in [0.2, 0.25) is 0 Å². The molecule has 0 aliphatic heterocycles. The highest BCUT2D eigenvalue weighted by Gasteiger charge is 1.90. The van der Waals surface area contributed by atoms with E-state index in [1.807, 2.05) is 0 Å². The second-order valence-electron chi connectivity index (χ2n) is 1.80. The fourth-order valence-corrected chi connectivity index (χ4v) is 0.571. The molecule has 0 aromatic heterocycles. The van der Waals surface area contributed by atoms with Crippen LogP contribution in [0.2, 0.25) is 0 Å². The summed E-state index contributed by atoms with van der Waals surface area (Å²) in [6.07, 6.45) is 2.71. The molecule has 0 N–H and O–H groups in total. The van der Waals surface area contributed by atoms with E-state index < -0.39 is 0 Å². The molecule has 0 unspecified atom stereocenters. The highest BCUT2D eigenvalue weighted by atomic mass is 16.5. The zero-order valence-electron chi connectivity index (χ0n) is 6.31. The van der Waals surface area contributed by atoms with Gasteiger partial charge >= 0.3 is 0 Å². The molecule has 0 heterocycles. The summed E-state index contributed by atoms with van der Waals surface area (Å²) in [5, 5.41) is 0. The molecule has 9 heavy (non-hydrogen) atoms. The molecule has 0 aromatic carbocycles. The number of rotatable bonds is 4. The summed E-state index contributed by atoms with van der Waals surface area (Å²) in [4.78, 5) is 0. The minimum atomic E-state index is 0.671. The fourth-order valence-electron chi connectivity index (χ4n) is 0.571. The van der Waals surface area contributed by atoms with Crippen LogP contribution in [0, 0.1) is 0 Å². The van der Waals surface area contributed by atoms with Gasteiger partial charge in [0.1, 0.15) is 0 Å². The highest BCUT2D eigenvalue weighted by molar-refractivity contribution is 4.96. The van der Waals surface area contributed by atoms with Crippen LogP contribution in [0.4, 0.5) is 0 Å². The third-order valence-electron chi connectivity index (χ3n) is 1.07. The third kappa shape index (κ3) is 4.03. The van der Waals surface area contributed by atoms with Gasteiger partial charge in [-0.3, -0.25) is 0 Å². The van der Waals surface area contributed by atoms with Gasteiger partial charge in [0.25, 0.3) is 0 Å². The van der Waals surface area contributed by atoms with E-state index in [-0.39, 0.29) is 0 Å². The van der Waals surface area contributed by atoms with Crippen LogP contribution in [0.25, 0.3) is 0 Å². The topological polar surface area (TPSA) is 18.5 Å². The molecule has 0 saturated carbocycles. The number of methoxy groups -OCH3 is 2. The minimum Gasteiger partial charge on any atom is -0.504 e. The van der Waals surface area contributed by atoms with Crippen molar-refractivity contribution in [1.29, 1.82) is 0 Å². The predicted octanol–water partition coefficient (Wildman–Crippen LogP) is 1.57. The largest absolute Gasteiger partial charge is 0.504 e. The van der Waals surface area contributed by atoms with Crippen molar-refractivity contribution in [3.05, 3.63) is 11.8 Å². The van der Waals surface area contributed by atoms with E-state index in [4.69, 9.17) is 9.47 Å². The molecular formula is C7H14O2. The lowest BCUT2D eigenvalue weighted by molar-refractivity contribution is 0.217. The Kier molecular flexibility index (Phi) is 5.32. The van der Waals surface area contributed by atoms with Crippen molar-refractivity contribution in [2.24, 2.45) is 0 Å². The standard InChI is InChI=1S/C7H14O2/c1-4-7(5-8-2)6-9-3/h5H,4,6H2,1-3H3. The van der Waals surface area contributed by atoms with Crippen LogP contribution in [-0.2, 0) is 9.47 Å². The number of ether oxygens (including phenoxy) is 2. The first-order valence-corrected chi connectivity index (χ1v) is 3.04. The monoisotopic (exact) mass is 130 g/mol. The van der Waals surface area contributed by atoms with Crippen molar-refractivity contribution in [2.45, 2.75) is 13.3 Å². The van der Waals surface area contributed by atoms with Crippen LogP contribution in [0.3, 0.4) is 0 Å². The van der Waals surface area contributed by atoms with Gasteiger partial charge in [-0.2, -0.15) is 0 Å². The Morgan fingerprint density at radius 1 is 1.44 bits per heavy atom. The summed E-state index contributed by atoms with van der Waals surface area (Å²) < 4.78 is 9.70. The van der Waals surface area contributed by atoms with Crippen molar-refractivity contribution in [1.82, 2.24) is 0 Å². The van der Waals surface area contributed by atoms with Crippen LogP contribution in [0.1, 0.15) is 13.3 Å². The van der Waals surface area contributed by atoms with Gasteiger partial charge in [0.15, 0.2) is 0 Å². The summed E-state index contributed by atoms with van der Waals surface area (Å²) in [7, 11) is 3.32. The Labute approximate surface area is 56.5 Å². The van der Waals surface area contributed by atoms with Crippen molar-refractivity contribution < 1.29 is 9.47 Å². The lowest BCUT2D eigenvalue weighted by atomic mass is 10.2.